The number of rotatable bonds is 5. The van der Waals surface area contributed by atoms with Gasteiger partial charge in [0.15, 0.2) is 5.17 Å². The van der Waals surface area contributed by atoms with Crippen LogP contribution in [0.1, 0.15) is 48.7 Å². The van der Waals surface area contributed by atoms with E-state index in [0.29, 0.717) is 11.4 Å². The Labute approximate surface area is 228 Å². The molecule has 2 aromatic carbocycles. The summed E-state index contributed by atoms with van der Waals surface area (Å²) in [5.74, 6) is -0.0000685. The Morgan fingerprint density at radius 1 is 1.03 bits per heavy atom. The zero-order valence-corrected chi connectivity index (χ0v) is 23.5. The fourth-order valence-electron chi connectivity index (χ4n) is 5.15. The highest BCUT2D eigenvalue weighted by Gasteiger charge is 2.32. The van der Waals surface area contributed by atoms with Gasteiger partial charge in [-0.05, 0) is 118 Å². The molecule has 0 radical (unpaired) electrons. The van der Waals surface area contributed by atoms with Crippen molar-refractivity contribution in [2.24, 2.45) is 4.99 Å². The van der Waals surface area contributed by atoms with E-state index in [2.05, 4.69) is 59.7 Å². The first-order chi connectivity index (χ1) is 17.9. The molecule has 0 unspecified atom stereocenters. The van der Waals surface area contributed by atoms with Gasteiger partial charge in [-0.3, -0.25) is 9.69 Å². The molecule has 1 aromatic heterocycles. The Morgan fingerprint density at radius 3 is 2.46 bits per heavy atom. The molecule has 5 rings (SSSR count). The van der Waals surface area contributed by atoms with Crippen molar-refractivity contribution >= 4 is 51.9 Å². The Kier molecular flexibility index (Phi) is 7.50. The number of aromatic nitrogens is 1. The van der Waals surface area contributed by atoms with Crippen LogP contribution < -0.4 is 4.90 Å². The fraction of sp³-hybridized carbons (Fsp3) is 0.333. The van der Waals surface area contributed by atoms with Gasteiger partial charge in [0.25, 0.3) is 5.91 Å². The topological polar surface area (TPSA) is 40.8 Å². The van der Waals surface area contributed by atoms with Crippen molar-refractivity contribution in [1.29, 1.82) is 0 Å². The number of likely N-dealkylation sites (N-methyl/N-ethyl adjacent to an activating group) is 1. The number of aliphatic imine (C=N–C) groups is 1. The van der Waals surface area contributed by atoms with Gasteiger partial charge in [0.05, 0.1) is 10.6 Å². The molecule has 3 heterocycles. The molecule has 192 valence electrons. The molecule has 2 fully saturated rings. The van der Waals surface area contributed by atoms with Crippen molar-refractivity contribution in [2.75, 3.05) is 24.5 Å². The number of halogens is 1. The maximum absolute atomic E-state index is 13.3. The number of hydrogen-bond donors (Lipinski definition) is 0. The minimum Gasteiger partial charge on any atom is -0.372 e. The number of thioether (sulfide) groups is 1. The minimum atomic E-state index is -0.0000685. The normalized spacial score (nSPS) is 18.5. The van der Waals surface area contributed by atoms with E-state index < -0.39 is 0 Å². The predicted octanol–water partition coefficient (Wildman–Crippen LogP) is 7.67. The molecule has 0 saturated carbocycles. The first kappa shape index (κ1) is 25.7. The van der Waals surface area contributed by atoms with E-state index in [4.69, 9.17) is 16.6 Å². The molecule has 0 atom stereocenters. The highest BCUT2D eigenvalue weighted by molar-refractivity contribution is 8.18. The number of anilines is 1. The van der Waals surface area contributed by atoms with Crippen molar-refractivity contribution < 1.29 is 4.79 Å². The third-order valence-electron chi connectivity index (χ3n) is 7.24. The van der Waals surface area contributed by atoms with Crippen molar-refractivity contribution in [3.05, 3.63) is 81.0 Å². The number of amidine groups is 1. The SMILES string of the molecule is CCN1C(=O)/C(=C/c2cc(C)n(-c3cccc(Cl)c3C)c2C)SC1=Nc1ccc(N2CCCCC2)cc1. The standard InChI is InChI=1S/C30H33ClN4OS/c1-5-34-29(36)28(19-23-18-20(2)35(22(23)4)27-11-9-10-26(31)21(27)3)37-30(34)32-24-12-14-25(15-13-24)33-16-7-6-8-17-33/h9-15,18-19H,5-8,16-17H2,1-4H3/b28-19-,32-30?. The molecule has 1 amide bonds. The lowest BCUT2D eigenvalue weighted by Crippen LogP contribution is -2.29. The third kappa shape index (κ3) is 5.10. The van der Waals surface area contributed by atoms with Gasteiger partial charge < -0.3 is 9.47 Å². The molecule has 2 aliphatic heterocycles. The van der Waals surface area contributed by atoms with E-state index in [1.165, 1.54) is 36.7 Å². The number of benzene rings is 2. The van der Waals surface area contributed by atoms with E-state index in [9.17, 15) is 4.79 Å². The number of amides is 1. The highest BCUT2D eigenvalue weighted by Crippen LogP contribution is 2.36. The van der Waals surface area contributed by atoms with Crippen LogP contribution >= 0.6 is 23.4 Å². The summed E-state index contributed by atoms with van der Waals surface area (Å²) in [5, 5.41) is 1.47. The van der Waals surface area contributed by atoms with Crippen LogP contribution in [0, 0.1) is 20.8 Å². The molecule has 0 bridgehead atoms. The summed E-state index contributed by atoms with van der Waals surface area (Å²) < 4.78 is 2.20. The maximum Gasteiger partial charge on any atom is 0.266 e. The van der Waals surface area contributed by atoms with Crippen molar-refractivity contribution in [2.45, 2.75) is 47.0 Å². The molecule has 0 aliphatic carbocycles. The lowest BCUT2D eigenvalue weighted by atomic mass is 10.1. The Hall–Kier alpha value is -2.96. The van der Waals surface area contributed by atoms with Gasteiger partial charge in [0, 0.05) is 47.4 Å². The van der Waals surface area contributed by atoms with E-state index in [1.54, 1.807) is 4.90 Å². The zero-order chi connectivity index (χ0) is 26.1. The molecule has 2 saturated heterocycles. The number of piperidine rings is 1. The molecule has 2 aliphatic rings. The quantitative estimate of drug-likeness (QED) is 0.316. The largest absolute Gasteiger partial charge is 0.372 e. The lowest BCUT2D eigenvalue weighted by Gasteiger charge is -2.28. The average Bonchev–Trinajstić information content (AvgIpc) is 3.35. The number of carbonyl (C=O) groups excluding carboxylic acids is 1. The van der Waals surface area contributed by atoms with Crippen molar-refractivity contribution in [3.63, 3.8) is 0 Å². The van der Waals surface area contributed by atoms with Gasteiger partial charge in [0.2, 0.25) is 0 Å². The fourth-order valence-corrected chi connectivity index (χ4v) is 6.38. The van der Waals surface area contributed by atoms with Gasteiger partial charge in [-0.2, -0.15) is 0 Å². The minimum absolute atomic E-state index is 0.0000685. The molecule has 0 spiro atoms. The van der Waals surface area contributed by atoms with Gasteiger partial charge in [-0.15, -0.1) is 0 Å². The first-order valence-electron chi connectivity index (χ1n) is 13.0. The average molecular weight is 533 g/mol. The maximum atomic E-state index is 13.3. The van der Waals surface area contributed by atoms with Crippen LogP contribution in [0.4, 0.5) is 11.4 Å². The predicted molar refractivity (Wildman–Crippen MR) is 158 cm³/mol. The molecular weight excluding hydrogens is 500 g/mol. The van der Waals surface area contributed by atoms with Gasteiger partial charge in [-0.1, -0.05) is 17.7 Å². The second-order valence-electron chi connectivity index (χ2n) is 9.66. The summed E-state index contributed by atoms with van der Waals surface area (Å²) in [6, 6.07) is 16.5. The highest BCUT2D eigenvalue weighted by atomic mass is 35.5. The first-order valence-corrected chi connectivity index (χ1v) is 14.2. The Balaban J connectivity index is 1.42. The number of nitrogens with zero attached hydrogens (tertiary/aromatic N) is 4. The number of hydrogen-bond acceptors (Lipinski definition) is 4. The summed E-state index contributed by atoms with van der Waals surface area (Å²) in [6.07, 6.45) is 5.82. The molecular formula is C30H33ClN4OS. The smallest absolute Gasteiger partial charge is 0.266 e. The van der Waals surface area contributed by atoms with Crippen molar-refractivity contribution in [3.8, 4) is 5.69 Å². The summed E-state index contributed by atoms with van der Waals surface area (Å²) in [4.78, 5) is 23.0. The van der Waals surface area contributed by atoms with Crippen LogP contribution in [-0.2, 0) is 4.79 Å². The van der Waals surface area contributed by atoms with Crippen LogP contribution in [0.2, 0.25) is 5.02 Å². The van der Waals surface area contributed by atoms with Crippen LogP contribution in [0.25, 0.3) is 11.8 Å². The summed E-state index contributed by atoms with van der Waals surface area (Å²) in [5.41, 5.74) is 7.40. The van der Waals surface area contributed by atoms with E-state index >= 15 is 0 Å². The van der Waals surface area contributed by atoms with Crippen molar-refractivity contribution in [1.82, 2.24) is 9.47 Å². The summed E-state index contributed by atoms with van der Waals surface area (Å²) in [7, 11) is 0. The van der Waals surface area contributed by atoms with Gasteiger partial charge in [0.1, 0.15) is 0 Å². The lowest BCUT2D eigenvalue weighted by molar-refractivity contribution is -0.122. The van der Waals surface area contributed by atoms with Gasteiger partial charge in [-0.25, -0.2) is 4.99 Å². The molecule has 37 heavy (non-hydrogen) atoms. The van der Waals surface area contributed by atoms with Gasteiger partial charge >= 0.3 is 0 Å². The van der Waals surface area contributed by atoms with Crippen LogP contribution in [0.3, 0.4) is 0 Å². The molecule has 3 aromatic rings. The summed E-state index contributed by atoms with van der Waals surface area (Å²) in [6.45, 7) is 11.0. The molecule has 5 nitrogen and oxygen atoms in total. The Morgan fingerprint density at radius 2 is 1.76 bits per heavy atom. The van der Waals surface area contributed by atoms with E-state index in [-0.39, 0.29) is 5.91 Å². The Bertz CT molecular complexity index is 1380. The second kappa shape index (κ2) is 10.8. The molecule has 0 N–H and O–H groups in total. The van der Waals surface area contributed by atoms with Crippen LogP contribution in [0.15, 0.2) is 58.4 Å². The summed E-state index contributed by atoms with van der Waals surface area (Å²) >= 11 is 7.85. The molecule has 7 heteroatoms. The number of carbonyl (C=O) groups is 1. The monoisotopic (exact) mass is 532 g/mol. The van der Waals surface area contributed by atoms with Crippen LogP contribution in [0.5, 0.6) is 0 Å². The third-order valence-corrected chi connectivity index (χ3v) is 8.65. The second-order valence-corrected chi connectivity index (χ2v) is 11.1. The number of aryl methyl sites for hydroxylation is 1. The van der Waals surface area contributed by atoms with E-state index in [0.717, 1.165) is 57.2 Å². The zero-order valence-electron chi connectivity index (χ0n) is 21.9. The van der Waals surface area contributed by atoms with E-state index in [1.807, 2.05) is 32.1 Å². The van der Waals surface area contributed by atoms with Crippen LogP contribution in [-0.4, -0.2) is 40.2 Å².